The van der Waals surface area contributed by atoms with Gasteiger partial charge in [0.05, 0.1) is 11.4 Å². The molecule has 2 rings (SSSR count). The first-order valence-electron chi connectivity index (χ1n) is 7.11. The Bertz CT molecular complexity index is 382. The van der Waals surface area contributed by atoms with Gasteiger partial charge in [-0.2, -0.15) is 0 Å². The van der Waals surface area contributed by atoms with Crippen LogP contribution < -0.4 is 21.3 Å². The first-order chi connectivity index (χ1) is 10.8. The zero-order chi connectivity index (χ0) is 16.0. The summed E-state index contributed by atoms with van der Waals surface area (Å²) in [5.41, 5.74) is 2.17. The van der Waals surface area contributed by atoms with Gasteiger partial charge in [0.2, 0.25) is 0 Å². The van der Waals surface area contributed by atoms with Crippen molar-refractivity contribution in [3.63, 3.8) is 0 Å². The predicted molar refractivity (Wildman–Crippen MR) is 92.8 cm³/mol. The van der Waals surface area contributed by atoms with Crippen molar-refractivity contribution in [2.45, 2.75) is 13.1 Å². The van der Waals surface area contributed by atoms with Crippen LogP contribution in [-0.2, 0) is 26.2 Å². The van der Waals surface area contributed by atoms with Gasteiger partial charge < -0.3 is 21.3 Å². The molecule has 0 amide bonds. The predicted octanol–water partition coefficient (Wildman–Crippen LogP) is 1.59. The van der Waals surface area contributed by atoms with E-state index >= 15 is 0 Å². The Morgan fingerprint density at radius 1 is 0.818 bits per heavy atom. The first-order valence-corrected chi connectivity index (χ1v) is 11.2. The Morgan fingerprint density at radius 3 is 1.59 bits per heavy atom. The van der Waals surface area contributed by atoms with Crippen LogP contribution in [-0.4, -0.2) is 44.3 Å². The van der Waals surface area contributed by atoms with Gasteiger partial charge in [-0.1, -0.05) is 15.9 Å². The molecule has 0 saturated carbocycles. The van der Waals surface area contributed by atoms with Gasteiger partial charge in [0, 0.05) is 56.8 Å². The van der Waals surface area contributed by atoms with E-state index in [-0.39, 0.29) is 13.1 Å². The third-order valence-corrected chi connectivity index (χ3v) is 3.40. The van der Waals surface area contributed by atoms with Crippen LogP contribution in [0.1, 0.15) is 11.4 Å². The molecule has 2 heterocycles. The molecule has 0 aromatic carbocycles. The quantitative estimate of drug-likeness (QED) is 0.449. The van der Waals surface area contributed by atoms with Crippen molar-refractivity contribution in [1.82, 2.24) is 26.3 Å². The molecule has 0 spiro atoms. The van der Waals surface area contributed by atoms with Crippen LogP contribution in [0.2, 0.25) is 0 Å². The molecule has 0 radical (unpaired) electrons. The molecular weight excluding hydrogens is 432 g/mol. The minimum atomic E-state index is 0.00694. The average Bonchev–Trinajstić information content (AvgIpc) is 2.48. The standard InChI is InChI=1S/C13H22BrN5.2ClH.Mn/c14-11-7-12-9-17-5-3-15-1-2-16-4-6-18-10-13(8-11)19-12;;;/h7-8,15-18H,1-6,9-10H2;2*1H;/q;;;+2/p-2. The maximum atomic E-state index is 4.80. The Labute approximate surface area is 155 Å². The number of halogens is 3. The number of nitrogens with one attached hydrogen (secondary N) is 4. The van der Waals surface area contributed by atoms with Crippen molar-refractivity contribution in [3.05, 3.63) is 28.0 Å². The Hall–Kier alpha value is 0.569. The fourth-order valence-electron chi connectivity index (χ4n) is 2.00. The van der Waals surface area contributed by atoms with Crippen molar-refractivity contribution < 1.29 is 13.1 Å². The van der Waals surface area contributed by atoms with Crippen LogP contribution in [0, 0.1) is 0 Å². The van der Waals surface area contributed by atoms with Crippen molar-refractivity contribution in [3.8, 4) is 0 Å². The SMILES string of the molecule is Brc1cc2nc(c1)CNCCNCCNCCNC2.[Cl][Mn][Cl]. The van der Waals surface area contributed by atoms with Crippen LogP contribution in [0.15, 0.2) is 16.6 Å². The molecular formula is C13H22BrCl2MnN5. The van der Waals surface area contributed by atoms with E-state index in [1.54, 1.807) is 0 Å². The molecule has 127 valence electrons. The van der Waals surface area contributed by atoms with E-state index in [4.69, 9.17) is 20.2 Å². The van der Waals surface area contributed by atoms with E-state index in [9.17, 15) is 0 Å². The molecule has 0 fully saturated rings. The van der Waals surface area contributed by atoms with Crippen molar-refractivity contribution in [1.29, 1.82) is 0 Å². The van der Waals surface area contributed by atoms with Crippen molar-refractivity contribution >= 4 is 36.1 Å². The van der Waals surface area contributed by atoms with Crippen LogP contribution >= 0.6 is 36.1 Å². The Kier molecular flexibility index (Phi) is 13.1. The summed E-state index contributed by atoms with van der Waals surface area (Å²) in [6.45, 7) is 7.54. The summed E-state index contributed by atoms with van der Waals surface area (Å²) in [7, 11) is 9.59. The molecule has 2 bridgehead atoms. The van der Waals surface area contributed by atoms with Gasteiger partial charge in [-0.15, -0.1) is 0 Å². The van der Waals surface area contributed by atoms with Crippen LogP contribution in [0.4, 0.5) is 0 Å². The van der Waals surface area contributed by atoms with Crippen LogP contribution in [0.5, 0.6) is 0 Å². The van der Waals surface area contributed by atoms with E-state index in [2.05, 4.69) is 54.3 Å². The topological polar surface area (TPSA) is 61.0 Å². The molecule has 0 aliphatic carbocycles. The monoisotopic (exact) mass is 452 g/mol. The summed E-state index contributed by atoms with van der Waals surface area (Å²) < 4.78 is 1.09. The molecule has 5 nitrogen and oxygen atoms in total. The zero-order valence-corrected chi connectivity index (χ0v) is 16.5. The second kappa shape index (κ2) is 14.0. The molecule has 1 aromatic heterocycles. The number of aromatic nitrogens is 1. The van der Waals surface area contributed by atoms with Gasteiger partial charge in [0.25, 0.3) is 0 Å². The zero-order valence-electron chi connectivity index (χ0n) is 12.3. The fourth-order valence-corrected chi connectivity index (χ4v) is 2.53. The van der Waals surface area contributed by atoms with E-state index in [1.165, 1.54) is 0 Å². The molecule has 1 aliphatic heterocycles. The first kappa shape index (κ1) is 20.6. The summed E-state index contributed by atoms with van der Waals surface area (Å²) >= 11 is 3.56. The Balaban J connectivity index is 0.000000745. The second-order valence-corrected chi connectivity index (χ2v) is 7.54. The summed E-state index contributed by atoms with van der Waals surface area (Å²) in [4.78, 5) is 4.65. The fraction of sp³-hybridized carbons (Fsp3) is 0.615. The van der Waals surface area contributed by atoms with Crippen molar-refractivity contribution in [2.75, 3.05) is 39.3 Å². The maximum absolute atomic E-state index is 4.80. The molecule has 22 heavy (non-hydrogen) atoms. The summed E-state index contributed by atoms with van der Waals surface area (Å²) in [6.07, 6.45) is 0. The van der Waals surface area contributed by atoms with E-state index in [1.807, 2.05) is 0 Å². The Morgan fingerprint density at radius 2 is 1.18 bits per heavy atom. The van der Waals surface area contributed by atoms with E-state index in [0.29, 0.717) is 0 Å². The van der Waals surface area contributed by atoms with Gasteiger partial charge in [0.1, 0.15) is 0 Å². The van der Waals surface area contributed by atoms with Gasteiger partial charge in [0.15, 0.2) is 0 Å². The van der Waals surface area contributed by atoms with Gasteiger partial charge >= 0.3 is 33.3 Å². The number of hydrogen-bond acceptors (Lipinski definition) is 5. The second-order valence-electron chi connectivity index (χ2n) is 4.68. The number of nitrogens with zero attached hydrogens (tertiary/aromatic N) is 1. The van der Waals surface area contributed by atoms with Crippen molar-refractivity contribution in [2.24, 2.45) is 0 Å². The minimum absolute atomic E-state index is 0.00694. The van der Waals surface area contributed by atoms with Gasteiger partial charge in [-0.05, 0) is 12.1 Å². The molecule has 9 heteroatoms. The summed E-state index contributed by atoms with van der Waals surface area (Å²) in [5.74, 6) is 0. The molecule has 4 N–H and O–H groups in total. The third-order valence-electron chi connectivity index (χ3n) is 2.94. The van der Waals surface area contributed by atoms with Crippen LogP contribution in [0.3, 0.4) is 0 Å². The number of pyridine rings is 1. The number of rotatable bonds is 0. The average molecular weight is 454 g/mol. The number of fused-ring (bicyclic) bond motifs is 2. The summed E-state index contributed by atoms with van der Waals surface area (Å²) in [5, 5.41) is 13.6. The van der Waals surface area contributed by atoms with Gasteiger partial charge in [-0.25, -0.2) is 0 Å². The van der Waals surface area contributed by atoms with Gasteiger partial charge in [-0.3, -0.25) is 4.98 Å². The third kappa shape index (κ3) is 10.4. The van der Waals surface area contributed by atoms with Crippen LogP contribution in [0.25, 0.3) is 0 Å². The van der Waals surface area contributed by atoms with E-state index < -0.39 is 0 Å². The molecule has 1 aromatic rings. The van der Waals surface area contributed by atoms with E-state index in [0.717, 1.165) is 68.2 Å². The molecule has 0 saturated heterocycles. The number of hydrogen-bond donors (Lipinski definition) is 4. The summed E-state index contributed by atoms with van der Waals surface area (Å²) in [6, 6.07) is 4.15. The molecule has 0 atom stereocenters. The molecule has 0 unspecified atom stereocenters. The normalized spacial score (nSPS) is 17.6. The molecule has 1 aliphatic rings.